The predicted octanol–water partition coefficient (Wildman–Crippen LogP) is 5.04. The summed E-state index contributed by atoms with van der Waals surface area (Å²) in [5, 5.41) is 0. The highest BCUT2D eigenvalue weighted by molar-refractivity contribution is 8.01. The minimum atomic E-state index is -0.420. The summed E-state index contributed by atoms with van der Waals surface area (Å²) >= 11 is 3.61. The maximum Gasteiger partial charge on any atom is 0.410 e. The average molecular weight is 365 g/mol. The maximum atomic E-state index is 12.1. The van der Waals surface area contributed by atoms with Crippen LogP contribution in [0.4, 0.5) is 4.79 Å². The van der Waals surface area contributed by atoms with E-state index in [2.05, 4.69) is 23.2 Å². The van der Waals surface area contributed by atoms with Crippen LogP contribution in [0.1, 0.15) is 33.6 Å². The molecule has 0 bridgehead atoms. The van der Waals surface area contributed by atoms with E-state index in [9.17, 15) is 4.79 Å². The number of nitrogens with zero attached hydrogens (tertiary/aromatic N) is 2. The molecule has 0 atom stereocenters. The molecule has 4 nitrogen and oxygen atoms in total. The molecule has 0 spiro atoms. The van der Waals surface area contributed by atoms with Crippen LogP contribution in [0.3, 0.4) is 0 Å². The van der Waals surface area contributed by atoms with E-state index < -0.39 is 5.60 Å². The molecule has 0 saturated carbocycles. The summed E-state index contributed by atoms with van der Waals surface area (Å²) in [5.74, 6) is 1.71. The Kier molecular flexibility index (Phi) is 5.35. The Bertz CT molecular complexity index is 667. The Hall–Kier alpha value is -1.27. The molecular weight excluding hydrogens is 340 g/mol. The number of para-hydroxylation sites is 1. The molecule has 0 aliphatic carbocycles. The molecule has 0 unspecified atom stereocenters. The molecule has 1 aliphatic heterocycles. The summed E-state index contributed by atoms with van der Waals surface area (Å²) in [4.78, 5) is 18.6. The summed E-state index contributed by atoms with van der Waals surface area (Å²) in [6.45, 7) is 7.31. The van der Waals surface area contributed by atoms with Crippen molar-refractivity contribution < 1.29 is 9.53 Å². The quantitative estimate of drug-likeness (QED) is 0.716. The van der Waals surface area contributed by atoms with Crippen LogP contribution in [0.5, 0.6) is 0 Å². The van der Waals surface area contributed by atoms with E-state index >= 15 is 0 Å². The van der Waals surface area contributed by atoms with Crippen LogP contribution >= 0.6 is 23.1 Å². The van der Waals surface area contributed by atoms with E-state index in [1.54, 1.807) is 11.3 Å². The van der Waals surface area contributed by atoms with E-state index in [0.29, 0.717) is 5.92 Å². The van der Waals surface area contributed by atoms with E-state index in [1.165, 1.54) is 4.70 Å². The molecule has 0 radical (unpaired) electrons. The fraction of sp³-hybridized carbons (Fsp3) is 0.556. The van der Waals surface area contributed by atoms with Crippen molar-refractivity contribution in [1.82, 2.24) is 9.88 Å². The van der Waals surface area contributed by atoms with Crippen molar-refractivity contribution in [3.05, 3.63) is 24.3 Å². The number of hydrogen-bond acceptors (Lipinski definition) is 5. The molecular formula is C18H24N2O2S2. The summed E-state index contributed by atoms with van der Waals surface area (Å²) in [6.07, 6.45) is 1.90. The Morgan fingerprint density at radius 2 is 2.04 bits per heavy atom. The lowest BCUT2D eigenvalue weighted by Gasteiger charge is -2.33. The van der Waals surface area contributed by atoms with Gasteiger partial charge in [-0.1, -0.05) is 23.9 Å². The largest absolute Gasteiger partial charge is 0.444 e. The van der Waals surface area contributed by atoms with Crippen molar-refractivity contribution in [2.24, 2.45) is 5.92 Å². The number of rotatable bonds is 3. The van der Waals surface area contributed by atoms with Gasteiger partial charge in [0.1, 0.15) is 5.60 Å². The van der Waals surface area contributed by atoms with Gasteiger partial charge in [0.2, 0.25) is 0 Å². The van der Waals surface area contributed by atoms with Gasteiger partial charge < -0.3 is 9.64 Å². The third kappa shape index (κ3) is 4.63. The number of thiazole rings is 1. The fourth-order valence-corrected chi connectivity index (χ4v) is 4.99. The summed E-state index contributed by atoms with van der Waals surface area (Å²) in [5.41, 5.74) is 0.668. The first kappa shape index (κ1) is 17.5. The minimum absolute atomic E-state index is 0.181. The number of fused-ring (bicyclic) bond motifs is 1. The second-order valence-corrected chi connectivity index (χ2v) is 9.47. The Balaban J connectivity index is 1.46. The zero-order valence-corrected chi connectivity index (χ0v) is 16.1. The number of hydrogen-bond donors (Lipinski definition) is 0. The molecule has 2 aromatic rings. The molecule has 6 heteroatoms. The number of amides is 1. The first-order chi connectivity index (χ1) is 11.4. The van der Waals surface area contributed by atoms with Crippen LogP contribution in [0.25, 0.3) is 10.2 Å². The summed E-state index contributed by atoms with van der Waals surface area (Å²) < 4.78 is 7.84. The number of carbonyl (C=O) groups is 1. The molecule has 1 aromatic heterocycles. The smallest absolute Gasteiger partial charge is 0.410 e. The van der Waals surface area contributed by atoms with Crippen LogP contribution < -0.4 is 0 Å². The second kappa shape index (κ2) is 7.31. The zero-order chi connectivity index (χ0) is 17.2. The van der Waals surface area contributed by atoms with Crippen LogP contribution in [0.15, 0.2) is 28.6 Å². The van der Waals surface area contributed by atoms with Gasteiger partial charge in [-0.05, 0) is 51.7 Å². The molecule has 1 amide bonds. The summed E-state index contributed by atoms with van der Waals surface area (Å²) in [7, 11) is 0. The number of ether oxygens (including phenoxy) is 1. The number of benzene rings is 1. The minimum Gasteiger partial charge on any atom is -0.444 e. The monoisotopic (exact) mass is 364 g/mol. The van der Waals surface area contributed by atoms with Crippen LogP contribution in [0, 0.1) is 5.92 Å². The van der Waals surface area contributed by atoms with Gasteiger partial charge in [-0.15, -0.1) is 11.3 Å². The van der Waals surface area contributed by atoms with Crippen LogP contribution in [0.2, 0.25) is 0 Å². The second-order valence-electron chi connectivity index (χ2n) is 7.17. The molecule has 1 aliphatic rings. The molecule has 3 rings (SSSR count). The van der Waals surface area contributed by atoms with Crippen molar-refractivity contribution in [2.75, 3.05) is 18.8 Å². The van der Waals surface area contributed by atoms with Gasteiger partial charge in [-0.3, -0.25) is 0 Å². The van der Waals surface area contributed by atoms with Gasteiger partial charge in [-0.25, -0.2) is 9.78 Å². The Labute approximate surface area is 151 Å². The van der Waals surface area contributed by atoms with Crippen molar-refractivity contribution in [3.8, 4) is 0 Å². The zero-order valence-electron chi connectivity index (χ0n) is 14.4. The number of piperidine rings is 1. The van der Waals surface area contributed by atoms with Gasteiger partial charge in [0.25, 0.3) is 0 Å². The van der Waals surface area contributed by atoms with Crippen molar-refractivity contribution in [2.45, 2.75) is 43.6 Å². The third-order valence-corrected chi connectivity index (χ3v) is 6.39. The lowest BCUT2D eigenvalue weighted by molar-refractivity contribution is 0.0191. The van der Waals surface area contributed by atoms with Gasteiger partial charge in [-0.2, -0.15) is 0 Å². The van der Waals surface area contributed by atoms with Crippen molar-refractivity contribution in [3.63, 3.8) is 0 Å². The number of likely N-dealkylation sites (tertiary alicyclic amines) is 1. The van der Waals surface area contributed by atoms with Gasteiger partial charge >= 0.3 is 6.09 Å². The lowest BCUT2D eigenvalue weighted by atomic mass is 9.99. The SMILES string of the molecule is CC(C)(C)OC(=O)N1CCC(CSc2nc3ccccc3s2)CC1. The van der Waals surface area contributed by atoms with E-state index in [4.69, 9.17) is 4.74 Å². The average Bonchev–Trinajstić information content (AvgIpc) is 2.94. The number of aromatic nitrogens is 1. The Morgan fingerprint density at radius 3 is 2.71 bits per heavy atom. The molecule has 1 aromatic carbocycles. The highest BCUT2D eigenvalue weighted by atomic mass is 32.2. The molecule has 1 fully saturated rings. The Morgan fingerprint density at radius 1 is 1.33 bits per heavy atom. The molecule has 2 heterocycles. The lowest BCUT2D eigenvalue weighted by Crippen LogP contribution is -2.42. The highest BCUT2D eigenvalue weighted by Crippen LogP contribution is 2.32. The topological polar surface area (TPSA) is 42.4 Å². The highest BCUT2D eigenvalue weighted by Gasteiger charge is 2.27. The first-order valence-corrected chi connectivity index (χ1v) is 10.2. The van der Waals surface area contributed by atoms with Crippen LogP contribution in [-0.2, 0) is 4.74 Å². The van der Waals surface area contributed by atoms with E-state index in [1.807, 2.05) is 43.5 Å². The van der Waals surface area contributed by atoms with E-state index in [-0.39, 0.29) is 6.09 Å². The third-order valence-electron chi connectivity index (χ3n) is 3.98. The molecule has 0 N–H and O–H groups in total. The number of thioether (sulfide) groups is 1. The number of carbonyl (C=O) groups excluding carboxylic acids is 1. The van der Waals surface area contributed by atoms with Gasteiger partial charge in [0.15, 0.2) is 4.34 Å². The van der Waals surface area contributed by atoms with Crippen molar-refractivity contribution >= 4 is 39.4 Å². The van der Waals surface area contributed by atoms with E-state index in [0.717, 1.165) is 41.5 Å². The molecule has 130 valence electrons. The van der Waals surface area contributed by atoms with Crippen molar-refractivity contribution in [1.29, 1.82) is 0 Å². The summed E-state index contributed by atoms with van der Waals surface area (Å²) in [6, 6.07) is 8.27. The molecule has 1 saturated heterocycles. The first-order valence-electron chi connectivity index (χ1n) is 8.37. The van der Waals surface area contributed by atoms with Gasteiger partial charge in [0, 0.05) is 18.8 Å². The van der Waals surface area contributed by atoms with Gasteiger partial charge in [0.05, 0.1) is 10.2 Å². The maximum absolute atomic E-state index is 12.1. The predicted molar refractivity (Wildman–Crippen MR) is 101 cm³/mol. The molecule has 24 heavy (non-hydrogen) atoms. The normalized spacial score (nSPS) is 16.5. The fourth-order valence-electron chi connectivity index (χ4n) is 2.71. The standard InChI is InChI=1S/C18H24N2O2S2/c1-18(2,3)22-17(21)20-10-8-13(9-11-20)12-23-16-19-14-6-4-5-7-15(14)24-16/h4-7,13H,8-12H2,1-3H3. The van der Waals surface area contributed by atoms with Crippen LogP contribution in [-0.4, -0.2) is 40.4 Å².